The molecule has 2 rings (SSSR count). The van der Waals surface area contributed by atoms with Gasteiger partial charge in [0.1, 0.15) is 17.7 Å². The Balaban J connectivity index is 2.14. The van der Waals surface area contributed by atoms with Crippen LogP contribution in [0.2, 0.25) is 0 Å². The average Bonchev–Trinajstić information content (AvgIpc) is 2.82. The maximum atomic E-state index is 12.5. The smallest absolute Gasteiger partial charge is 0.386 e. The molecule has 1 aromatic heterocycles. The highest BCUT2D eigenvalue weighted by Gasteiger charge is 2.27. The molecule has 0 amide bonds. The number of furan rings is 1. The van der Waals surface area contributed by atoms with Gasteiger partial charge in [-0.25, -0.2) is 4.57 Å². The molecule has 5 heteroatoms. The van der Waals surface area contributed by atoms with E-state index in [0.717, 1.165) is 0 Å². The van der Waals surface area contributed by atoms with Crippen molar-refractivity contribution >= 4 is 7.60 Å². The molecular formula is C13H15O4P. The summed E-state index contributed by atoms with van der Waals surface area (Å²) >= 11 is 0. The summed E-state index contributed by atoms with van der Waals surface area (Å²) < 4.78 is 28.5. The van der Waals surface area contributed by atoms with Crippen molar-refractivity contribution in [3.8, 4) is 5.75 Å². The standard InChI is InChI=1S/C13H15O4P/c1-2-16-18(14,11-13-9-6-10-15-13)17-12-7-4-3-5-8-12/h3-10H,2,11H2,1H3. The van der Waals surface area contributed by atoms with E-state index in [9.17, 15) is 4.57 Å². The third-order valence-corrected chi connectivity index (χ3v) is 4.08. The first-order valence-corrected chi connectivity index (χ1v) is 7.45. The van der Waals surface area contributed by atoms with Crippen LogP contribution < -0.4 is 4.52 Å². The van der Waals surface area contributed by atoms with Gasteiger partial charge in [-0.15, -0.1) is 0 Å². The van der Waals surface area contributed by atoms with E-state index in [4.69, 9.17) is 13.5 Å². The highest BCUT2D eigenvalue weighted by atomic mass is 31.2. The van der Waals surface area contributed by atoms with Gasteiger partial charge in [-0.3, -0.25) is 4.52 Å². The fourth-order valence-electron chi connectivity index (χ4n) is 1.54. The normalized spacial score (nSPS) is 14.1. The first-order chi connectivity index (χ1) is 8.72. The average molecular weight is 266 g/mol. The quantitative estimate of drug-likeness (QED) is 0.739. The second-order valence-corrected chi connectivity index (χ2v) is 5.65. The van der Waals surface area contributed by atoms with Crippen LogP contribution in [0.3, 0.4) is 0 Å². The molecule has 0 aliphatic rings. The Morgan fingerprint density at radius 2 is 1.94 bits per heavy atom. The molecule has 18 heavy (non-hydrogen) atoms. The van der Waals surface area contributed by atoms with Crippen LogP contribution in [0, 0.1) is 0 Å². The van der Waals surface area contributed by atoms with Crippen LogP contribution in [0.5, 0.6) is 5.75 Å². The first kappa shape index (κ1) is 12.9. The van der Waals surface area contributed by atoms with Crippen LogP contribution in [0.4, 0.5) is 0 Å². The lowest BCUT2D eigenvalue weighted by Gasteiger charge is -2.17. The SMILES string of the molecule is CCOP(=O)(Cc1ccco1)Oc1ccccc1. The molecule has 1 unspecified atom stereocenters. The van der Waals surface area contributed by atoms with E-state index in [0.29, 0.717) is 18.1 Å². The molecule has 0 aliphatic heterocycles. The topological polar surface area (TPSA) is 48.7 Å². The van der Waals surface area contributed by atoms with E-state index in [1.165, 1.54) is 6.26 Å². The number of benzene rings is 1. The molecule has 0 N–H and O–H groups in total. The number of hydrogen-bond acceptors (Lipinski definition) is 4. The lowest BCUT2D eigenvalue weighted by Crippen LogP contribution is -2.01. The van der Waals surface area contributed by atoms with Gasteiger partial charge in [0.15, 0.2) is 0 Å². The van der Waals surface area contributed by atoms with Gasteiger partial charge in [0.2, 0.25) is 0 Å². The van der Waals surface area contributed by atoms with E-state index in [2.05, 4.69) is 0 Å². The van der Waals surface area contributed by atoms with E-state index < -0.39 is 7.60 Å². The molecule has 4 nitrogen and oxygen atoms in total. The third kappa shape index (κ3) is 3.49. The maximum Gasteiger partial charge on any atom is 0.386 e. The molecule has 0 spiro atoms. The van der Waals surface area contributed by atoms with Gasteiger partial charge >= 0.3 is 7.60 Å². The Hall–Kier alpha value is -1.51. The molecule has 0 bridgehead atoms. The second-order valence-electron chi connectivity index (χ2n) is 3.67. The highest BCUT2D eigenvalue weighted by molar-refractivity contribution is 7.53. The van der Waals surface area contributed by atoms with Gasteiger partial charge in [0.05, 0.1) is 12.9 Å². The third-order valence-electron chi connectivity index (χ3n) is 2.24. The monoisotopic (exact) mass is 266 g/mol. The predicted octanol–water partition coefficient (Wildman–Crippen LogP) is 4.09. The Morgan fingerprint density at radius 3 is 2.56 bits per heavy atom. The minimum atomic E-state index is -3.22. The predicted molar refractivity (Wildman–Crippen MR) is 68.7 cm³/mol. The van der Waals surface area contributed by atoms with Gasteiger partial charge < -0.3 is 8.94 Å². The van der Waals surface area contributed by atoms with Crippen molar-refractivity contribution < 1.29 is 18.0 Å². The van der Waals surface area contributed by atoms with E-state index in [1.807, 2.05) is 18.2 Å². The number of hydrogen-bond donors (Lipinski definition) is 0. The molecule has 0 radical (unpaired) electrons. The van der Waals surface area contributed by atoms with Crippen molar-refractivity contribution in [2.45, 2.75) is 13.1 Å². The van der Waals surface area contributed by atoms with Crippen LogP contribution in [-0.2, 0) is 15.3 Å². The first-order valence-electron chi connectivity index (χ1n) is 5.72. The molecule has 0 saturated carbocycles. The van der Waals surface area contributed by atoms with Crippen molar-refractivity contribution in [3.05, 3.63) is 54.5 Å². The zero-order valence-corrected chi connectivity index (χ0v) is 11.0. The number of para-hydroxylation sites is 1. The molecular weight excluding hydrogens is 251 g/mol. The van der Waals surface area contributed by atoms with Crippen molar-refractivity contribution in [2.75, 3.05) is 6.61 Å². The zero-order chi connectivity index (χ0) is 12.8. The van der Waals surface area contributed by atoms with Gasteiger partial charge in [-0.1, -0.05) is 18.2 Å². The van der Waals surface area contributed by atoms with Crippen molar-refractivity contribution in [2.24, 2.45) is 0 Å². The van der Waals surface area contributed by atoms with Gasteiger partial charge in [-0.2, -0.15) is 0 Å². The molecule has 0 saturated heterocycles. The zero-order valence-electron chi connectivity index (χ0n) is 10.1. The Kier molecular flexibility index (Phi) is 4.24. The fraction of sp³-hybridized carbons (Fsp3) is 0.231. The van der Waals surface area contributed by atoms with Gasteiger partial charge in [0, 0.05) is 0 Å². The molecule has 0 aliphatic carbocycles. The van der Waals surface area contributed by atoms with Crippen LogP contribution in [0.15, 0.2) is 53.1 Å². The highest BCUT2D eigenvalue weighted by Crippen LogP contribution is 2.51. The van der Waals surface area contributed by atoms with Crippen molar-refractivity contribution in [1.82, 2.24) is 0 Å². The van der Waals surface area contributed by atoms with Gasteiger partial charge in [0.25, 0.3) is 0 Å². The summed E-state index contributed by atoms with van der Waals surface area (Å²) in [6.45, 7) is 2.11. The van der Waals surface area contributed by atoms with Crippen LogP contribution in [0.25, 0.3) is 0 Å². The van der Waals surface area contributed by atoms with Crippen molar-refractivity contribution in [3.63, 3.8) is 0 Å². The minimum absolute atomic E-state index is 0.128. The Bertz CT molecular complexity index is 507. The van der Waals surface area contributed by atoms with Gasteiger partial charge in [-0.05, 0) is 31.2 Å². The summed E-state index contributed by atoms with van der Waals surface area (Å²) in [6, 6.07) is 12.5. The second kappa shape index (κ2) is 5.89. The lowest BCUT2D eigenvalue weighted by atomic mass is 10.3. The summed E-state index contributed by atoms with van der Waals surface area (Å²) in [5.74, 6) is 1.11. The molecule has 1 aromatic carbocycles. The minimum Gasteiger partial charge on any atom is -0.469 e. The van der Waals surface area contributed by atoms with E-state index >= 15 is 0 Å². The van der Waals surface area contributed by atoms with E-state index in [-0.39, 0.29) is 6.16 Å². The summed E-state index contributed by atoms with van der Waals surface area (Å²) in [7, 11) is -3.22. The Morgan fingerprint density at radius 1 is 1.17 bits per heavy atom. The molecule has 2 aromatic rings. The number of rotatable bonds is 6. The van der Waals surface area contributed by atoms with Crippen LogP contribution in [0.1, 0.15) is 12.7 Å². The summed E-state index contributed by atoms with van der Waals surface area (Å²) in [4.78, 5) is 0. The van der Waals surface area contributed by atoms with Crippen LogP contribution in [-0.4, -0.2) is 6.61 Å². The summed E-state index contributed by atoms with van der Waals surface area (Å²) in [5, 5.41) is 0. The fourth-order valence-corrected chi connectivity index (χ4v) is 3.14. The molecule has 96 valence electrons. The maximum absolute atomic E-state index is 12.5. The van der Waals surface area contributed by atoms with Crippen LogP contribution >= 0.6 is 7.60 Å². The summed E-state index contributed by atoms with van der Waals surface area (Å²) in [6.07, 6.45) is 1.66. The summed E-state index contributed by atoms with van der Waals surface area (Å²) in [5.41, 5.74) is 0. The molecule has 0 fully saturated rings. The molecule has 1 heterocycles. The van der Waals surface area contributed by atoms with E-state index in [1.54, 1.807) is 31.2 Å². The van der Waals surface area contributed by atoms with Crippen molar-refractivity contribution in [1.29, 1.82) is 0 Å². The lowest BCUT2D eigenvalue weighted by molar-refractivity contribution is 0.275. The Labute approximate surface area is 106 Å². The molecule has 1 atom stereocenters. The largest absolute Gasteiger partial charge is 0.469 e.